The largest absolute Gasteiger partial charge is 0.494 e. The number of nitro groups is 1. The van der Waals surface area contributed by atoms with Crippen molar-refractivity contribution in [1.29, 1.82) is 0 Å². The van der Waals surface area contributed by atoms with Gasteiger partial charge in [0.05, 0.1) is 27.9 Å². The highest BCUT2D eigenvalue weighted by Crippen LogP contribution is 2.40. The minimum Gasteiger partial charge on any atom is -0.494 e. The van der Waals surface area contributed by atoms with Crippen molar-refractivity contribution in [3.8, 4) is 5.75 Å². The summed E-state index contributed by atoms with van der Waals surface area (Å²) in [4.78, 5) is 21.6. The third-order valence-corrected chi connectivity index (χ3v) is 6.37. The van der Waals surface area contributed by atoms with Crippen LogP contribution in [0.5, 0.6) is 5.75 Å². The highest BCUT2D eigenvalue weighted by Gasteiger charge is 2.26. The summed E-state index contributed by atoms with van der Waals surface area (Å²) in [5.41, 5.74) is 5.18. The van der Waals surface area contributed by atoms with Gasteiger partial charge < -0.3 is 15.0 Å². The van der Waals surface area contributed by atoms with Gasteiger partial charge in [-0.05, 0) is 45.5 Å². The van der Waals surface area contributed by atoms with E-state index in [2.05, 4.69) is 60.5 Å². The summed E-state index contributed by atoms with van der Waals surface area (Å²) >= 11 is 3.55. The number of anilines is 3. The fraction of sp³-hybridized carbons (Fsp3) is 0.217. The minimum absolute atomic E-state index is 0.109. The molecule has 3 aromatic rings. The van der Waals surface area contributed by atoms with Gasteiger partial charge >= 0.3 is 5.69 Å². The van der Waals surface area contributed by atoms with Crippen molar-refractivity contribution in [3.05, 3.63) is 80.0 Å². The molecule has 0 bridgehead atoms. The van der Waals surface area contributed by atoms with Crippen molar-refractivity contribution in [2.24, 2.45) is 0 Å². The lowest BCUT2D eigenvalue weighted by atomic mass is 9.90. The van der Waals surface area contributed by atoms with Gasteiger partial charge in [0.2, 0.25) is 11.8 Å². The lowest BCUT2D eigenvalue weighted by Crippen LogP contribution is -2.28. The molecular formula is C23H19BrFN5O3. The summed E-state index contributed by atoms with van der Waals surface area (Å²) in [6.07, 6.45) is 6.64. The molecule has 33 heavy (non-hydrogen) atoms. The van der Waals surface area contributed by atoms with Crippen LogP contribution in [0.25, 0.3) is 5.57 Å². The lowest BCUT2D eigenvalue weighted by Gasteiger charge is -2.35. The number of ether oxygens (including phenoxy) is 1. The van der Waals surface area contributed by atoms with E-state index in [1.165, 1.54) is 23.9 Å². The van der Waals surface area contributed by atoms with Crippen LogP contribution in [0, 0.1) is 15.9 Å². The van der Waals surface area contributed by atoms with Gasteiger partial charge in [0.1, 0.15) is 5.75 Å². The molecule has 1 N–H and O–H groups in total. The number of hydrogen-bond donors (Lipinski definition) is 1. The van der Waals surface area contributed by atoms with E-state index in [0.29, 0.717) is 5.69 Å². The summed E-state index contributed by atoms with van der Waals surface area (Å²) in [6, 6.07) is 8.46. The molecule has 0 spiro atoms. The zero-order chi connectivity index (χ0) is 23.1. The summed E-state index contributed by atoms with van der Waals surface area (Å²) in [5, 5.41) is 14.1. The summed E-state index contributed by atoms with van der Waals surface area (Å²) in [7, 11) is 1.36. The predicted molar refractivity (Wildman–Crippen MR) is 126 cm³/mol. The maximum absolute atomic E-state index is 14.0. The van der Waals surface area contributed by atoms with Gasteiger partial charge in [-0.3, -0.25) is 10.1 Å². The smallest absolute Gasteiger partial charge is 0.307 e. The number of aryl methyl sites for hydroxylation is 1. The Morgan fingerprint density at radius 3 is 2.91 bits per heavy atom. The first-order valence-corrected chi connectivity index (χ1v) is 11.1. The Balaban J connectivity index is 1.51. The second-order valence-electron chi connectivity index (χ2n) is 7.83. The van der Waals surface area contributed by atoms with E-state index in [-0.39, 0.29) is 17.4 Å². The van der Waals surface area contributed by atoms with E-state index < -0.39 is 16.4 Å². The van der Waals surface area contributed by atoms with Gasteiger partial charge in [-0.1, -0.05) is 18.2 Å². The molecule has 0 saturated heterocycles. The van der Waals surface area contributed by atoms with Crippen LogP contribution in [0.4, 0.5) is 27.4 Å². The molecule has 1 aromatic heterocycles. The topological polar surface area (TPSA) is 93.4 Å². The highest BCUT2D eigenvalue weighted by atomic mass is 79.9. The van der Waals surface area contributed by atoms with Crippen LogP contribution in [-0.2, 0) is 12.8 Å². The molecule has 0 atom stereocenters. The van der Waals surface area contributed by atoms with Crippen LogP contribution in [0.1, 0.15) is 23.2 Å². The van der Waals surface area contributed by atoms with Crippen LogP contribution in [-0.4, -0.2) is 28.5 Å². The van der Waals surface area contributed by atoms with Crippen molar-refractivity contribution in [3.63, 3.8) is 0 Å². The Kier molecular flexibility index (Phi) is 5.45. The van der Waals surface area contributed by atoms with E-state index >= 15 is 0 Å². The fourth-order valence-electron chi connectivity index (χ4n) is 4.35. The second kappa shape index (κ2) is 8.43. The van der Waals surface area contributed by atoms with Gasteiger partial charge in [0.15, 0.2) is 0 Å². The quantitative estimate of drug-likeness (QED) is 0.362. The van der Waals surface area contributed by atoms with Gasteiger partial charge in [0.25, 0.3) is 0 Å². The molecular weight excluding hydrogens is 493 g/mol. The maximum Gasteiger partial charge on any atom is 0.307 e. The first kappa shape index (κ1) is 21.3. The van der Waals surface area contributed by atoms with Crippen molar-refractivity contribution < 1.29 is 14.1 Å². The maximum atomic E-state index is 14.0. The van der Waals surface area contributed by atoms with Crippen LogP contribution >= 0.6 is 15.9 Å². The molecule has 8 nitrogen and oxygen atoms in total. The minimum atomic E-state index is -0.980. The Bertz CT molecular complexity index is 1310. The predicted octanol–water partition coefficient (Wildman–Crippen LogP) is 5.39. The monoisotopic (exact) mass is 511 g/mol. The molecule has 0 saturated carbocycles. The molecule has 2 aliphatic heterocycles. The standard InChI is InChI=1S/C23H19BrFN5O3/c1-33-20-9-17(25)19(30(31)32)10-18(20)27-23-26-11-16(24)21(28-23)15-8-14-5-2-4-13-6-3-7-29(12-15)22(13)14/h2,4-5,9-12H,3,6-8H2,1H3,(H,26,27,28). The van der Waals surface area contributed by atoms with Crippen molar-refractivity contribution in [2.75, 3.05) is 23.9 Å². The highest BCUT2D eigenvalue weighted by molar-refractivity contribution is 9.10. The summed E-state index contributed by atoms with van der Waals surface area (Å²) < 4.78 is 19.9. The lowest BCUT2D eigenvalue weighted by molar-refractivity contribution is -0.387. The van der Waals surface area contributed by atoms with Crippen LogP contribution in [0.2, 0.25) is 0 Å². The van der Waals surface area contributed by atoms with Crippen LogP contribution in [0.15, 0.2) is 47.2 Å². The summed E-state index contributed by atoms with van der Waals surface area (Å²) in [5.74, 6) is -0.656. The Labute approximate surface area is 197 Å². The number of allylic oxidation sites excluding steroid dienone is 1. The Morgan fingerprint density at radius 2 is 2.12 bits per heavy atom. The molecule has 2 aromatic carbocycles. The number of halogens is 2. The normalized spacial score (nSPS) is 14.4. The third kappa shape index (κ3) is 3.91. The first-order valence-electron chi connectivity index (χ1n) is 10.3. The van der Waals surface area contributed by atoms with Gasteiger partial charge in [0, 0.05) is 43.2 Å². The SMILES string of the molecule is COc1cc(F)c([N+](=O)[O-])cc1Nc1ncc(Br)c(C2=CN3CCCc4cccc(c43)C2)n1. The molecule has 0 unspecified atom stereocenters. The number of rotatable bonds is 5. The van der Waals surface area contributed by atoms with E-state index in [1.807, 2.05) is 0 Å². The first-order chi connectivity index (χ1) is 15.9. The van der Waals surface area contributed by atoms with Crippen molar-refractivity contribution in [1.82, 2.24) is 9.97 Å². The fourth-order valence-corrected chi connectivity index (χ4v) is 4.79. The molecule has 168 valence electrons. The van der Waals surface area contributed by atoms with Crippen LogP contribution < -0.4 is 15.0 Å². The molecule has 0 radical (unpaired) electrons. The number of nitrogens with one attached hydrogen (secondary N) is 1. The number of methoxy groups -OCH3 is 1. The number of nitro benzene ring substituents is 1. The third-order valence-electron chi connectivity index (χ3n) is 5.79. The van der Waals surface area contributed by atoms with Gasteiger partial charge in [-0.15, -0.1) is 0 Å². The van der Waals surface area contributed by atoms with Crippen molar-refractivity contribution in [2.45, 2.75) is 19.3 Å². The average molecular weight is 512 g/mol. The van der Waals surface area contributed by atoms with Gasteiger partial charge in [-0.25, -0.2) is 9.97 Å². The van der Waals surface area contributed by atoms with E-state index in [9.17, 15) is 14.5 Å². The molecule has 3 heterocycles. The molecule has 0 amide bonds. The summed E-state index contributed by atoms with van der Waals surface area (Å²) in [6.45, 7) is 0.942. The molecule has 2 aliphatic rings. The second-order valence-corrected chi connectivity index (χ2v) is 8.68. The average Bonchev–Trinajstić information content (AvgIpc) is 2.81. The molecule has 10 heteroatoms. The van der Waals surface area contributed by atoms with Crippen molar-refractivity contribution >= 4 is 44.5 Å². The van der Waals surface area contributed by atoms with Crippen LogP contribution in [0.3, 0.4) is 0 Å². The van der Waals surface area contributed by atoms with E-state index in [4.69, 9.17) is 4.74 Å². The van der Waals surface area contributed by atoms with E-state index in [1.54, 1.807) is 6.20 Å². The van der Waals surface area contributed by atoms with E-state index in [0.717, 1.165) is 48.0 Å². The molecule has 5 rings (SSSR count). The number of nitrogens with zero attached hydrogens (tertiary/aromatic N) is 4. The zero-order valence-electron chi connectivity index (χ0n) is 17.6. The molecule has 0 aliphatic carbocycles. The molecule has 0 fully saturated rings. The Hall–Kier alpha value is -3.53. The number of benzene rings is 2. The zero-order valence-corrected chi connectivity index (χ0v) is 19.2. The Morgan fingerprint density at radius 1 is 1.30 bits per heavy atom. The number of aromatic nitrogens is 2. The number of para-hydroxylation sites is 1. The van der Waals surface area contributed by atoms with Gasteiger partial charge in [-0.2, -0.15) is 4.39 Å². The number of hydrogen-bond acceptors (Lipinski definition) is 7.